The van der Waals surface area contributed by atoms with Crippen LogP contribution in [0.3, 0.4) is 0 Å². The van der Waals surface area contributed by atoms with Crippen molar-refractivity contribution >= 4 is 5.82 Å². The summed E-state index contributed by atoms with van der Waals surface area (Å²) in [5, 5.41) is 14.0. The maximum Gasteiger partial charge on any atom is 0.158 e. The smallest absolute Gasteiger partial charge is 0.158 e. The van der Waals surface area contributed by atoms with Gasteiger partial charge in [0.05, 0.1) is 6.10 Å². The van der Waals surface area contributed by atoms with Crippen LogP contribution in [0.4, 0.5) is 5.82 Å². The Morgan fingerprint density at radius 2 is 1.95 bits per heavy atom. The summed E-state index contributed by atoms with van der Waals surface area (Å²) in [7, 11) is 2.11. The van der Waals surface area contributed by atoms with E-state index in [0.29, 0.717) is 17.9 Å². The summed E-state index contributed by atoms with van der Waals surface area (Å²) >= 11 is 0. The summed E-state index contributed by atoms with van der Waals surface area (Å²) in [5.41, 5.74) is 0. The molecule has 0 amide bonds. The number of hydrogen-bond donors (Lipinski definition) is 1. The highest BCUT2D eigenvalue weighted by molar-refractivity contribution is 5.43. The zero-order valence-corrected chi connectivity index (χ0v) is 12.7. The maximum atomic E-state index is 9.78. The second kappa shape index (κ2) is 5.35. The highest BCUT2D eigenvalue weighted by Gasteiger charge is 2.42. The van der Waals surface area contributed by atoms with E-state index >= 15 is 0 Å². The molecule has 0 spiro atoms. The number of nitrogens with zero attached hydrogens (tertiary/aromatic N) is 5. The molecule has 4 rings (SSSR count). The molecule has 6 heteroatoms. The Morgan fingerprint density at radius 3 is 2.64 bits per heavy atom. The molecule has 0 radical (unpaired) electrons. The van der Waals surface area contributed by atoms with Crippen molar-refractivity contribution < 1.29 is 5.11 Å². The van der Waals surface area contributed by atoms with Gasteiger partial charge in [0.2, 0.25) is 0 Å². The molecule has 2 saturated carbocycles. The van der Waals surface area contributed by atoms with Crippen LogP contribution in [-0.2, 0) is 0 Å². The first-order valence-electron chi connectivity index (χ1n) is 7.93. The fourth-order valence-corrected chi connectivity index (χ4v) is 4.12. The van der Waals surface area contributed by atoms with Gasteiger partial charge in [0, 0.05) is 31.5 Å². The van der Waals surface area contributed by atoms with Crippen molar-refractivity contribution in [2.24, 2.45) is 11.8 Å². The SMILES string of the molecule is CN(c1cc(-n2cccn2)ncn1)C1C[C@H]2CC(O)C[C@H]2C1. The summed E-state index contributed by atoms with van der Waals surface area (Å²) in [6.07, 6.45) is 9.39. The van der Waals surface area contributed by atoms with Crippen LogP contribution in [0.1, 0.15) is 25.7 Å². The van der Waals surface area contributed by atoms with Crippen molar-refractivity contribution in [2.75, 3.05) is 11.9 Å². The van der Waals surface area contributed by atoms with Gasteiger partial charge in [-0.1, -0.05) is 0 Å². The van der Waals surface area contributed by atoms with Crippen molar-refractivity contribution in [3.05, 3.63) is 30.9 Å². The van der Waals surface area contributed by atoms with E-state index < -0.39 is 0 Å². The van der Waals surface area contributed by atoms with Crippen LogP contribution in [-0.4, -0.2) is 44.0 Å². The van der Waals surface area contributed by atoms with E-state index in [1.54, 1.807) is 17.2 Å². The van der Waals surface area contributed by atoms with Gasteiger partial charge in [-0.05, 0) is 43.6 Å². The second-order valence-corrected chi connectivity index (χ2v) is 6.57. The van der Waals surface area contributed by atoms with Crippen molar-refractivity contribution in [1.29, 1.82) is 0 Å². The normalized spacial score (nSPS) is 30.5. The molecular weight excluding hydrogens is 278 g/mol. The van der Waals surface area contributed by atoms with Gasteiger partial charge in [-0.3, -0.25) is 0 Å². The summed E-state index contributed by atoms with van der Waals surface area (Å²) < 4.78 is 1.75. The third-order valence-electron chi connectivity index (χ3n) is 5.25. The van der Waals surface area contributed by atoms with Gasteiger partial charge in [0.1, 0.15) is 12.1 Å². The van der Waals surface area contributed by atoms with Crippen molar-refractivity contribution in [1.82, 2.24) is 19.7 Å². The van der Waals surface area contributed by atoms with E-state index in [2.05, 4.69) is 27.0 Å². The van der Waals surface area contributed by atoms with Crippen molar-refractivity contribution in [3.63, 3.8) is 0 Å². The number of anilines is 1. The van der Waals surface area contributed by atoms with Gasteiger partial charge >= 0.3 is 0 Å². The van der Waals surface area contributed by atoms with E-state index in [1.807, 2.05) is 18.3 Å². The van der Waals surface area contributed by atoms with Crippen molar-refractivity contribution in [3.8, 4) is 5.82 Å². The number of rotatable bonds is 3. The zero-order valence-electron chi connectivity index (χ0n) is 12.7. The fourth-order valence-electron chi connectivity index (χ4n) is 4.12. The molecule has 2 aliphatic rings. The number of aromatic nitrogens is 4. The lowest BCUT2D eigenvalue weighted by Crippen LogP contribution is -2.31. The largest absolute Gasteiger partial charge is 0.393 e. The van der Waals surface area contributed by atoms with Crippen LogP contribution in [0.25, 0.3) is 5.82 Å². The predicted molar refractivity (Wildman–Crippen MR) is 82.8 cm³/mol. The number of hydrogen-bond acceptors (Lipinski definition) is 5. The molecule has 116 valence electrons. The number of aliphatic hydroxyl groups is 1. The van der Waals surface area contributed by atoms with Gasteiger partial charge in [-0.15, -0.1) is 0 Å². The first-order chi connectivity index (χ1) is 10.7. The molecule has 0 saturated heterocycles. The van der Waals surface area contributed by atoms with Gasteiger partial charge < -0.3 is 10.0 Å². The maximum absolute atomic E-state index is 9.78. The topological polar surface area (TPSA) is 67.1 Å². The highest BCUT2D eigenvalue weighted by atomic mass is 16.3. The fraction of sp³-hybridized carbons (Fsp3) is 0.562. The molecule has 2 heterocycles. The first-order valence-corrected chi connectivity index (χ1v) is 7.93. The Hall–Kier alpha value is -1.95. The average Bonchev–Trinajstić information content (AvgIpc) is 3.22. The Labute approximate surface area is 129 Å². The van der Waals surface area contributed by atoms with Gasteiger partial charge in [0.25, 0.3) is 0 Å². The van der Waals surface area contributed by atoms with Crippen LogP contribution in [0, 0.1) is 11.8 Å². The second-order valence-electron chi connectivity index (χ2n) is 6.57. The lowest BCUT2D eigenvalue weighted by atomic mass is 10.0. The third-order valence-corrected chi connectivity index (χ3v) is 5.25. The molecule has 2 aromatic rings. The van der Waals surface area contributed by atoms with Gasteiger partial charge in [0.15, 0.2) is 5.82 Å². The van der Waals surface area contributed by atoms with Crippen LogP contribution < -0.4 is 4.90 Å². The van der Waals surface area contributed by atoms with Gasteiger partial charge in [-0.25, -0.2) is 14.6 Å². The van der Waals surface area contributed by atoms with E-state index in [4.69, 9.17) is 0 Å². The van der Waals surface area contributed by atoms with Crippen LogP contribution in [0.2, 0.25) is 0 Å². The first kappa shape index (κ1) is 13.7. The number of fused-ring (bicyclic) bond motifs is 1. The molecule has 0 bridgehead atoms. The molecule has 4 atom stereocenters. The summed E-state index contributed by atoms with van der Waals surface area (Å²) in [5.74, 6) is 3.08. The predicted octanol–water partition coefficient (Wildman–Crippen LogP) is 1.65. The van der Waals surface area contributed by atoms with E-state index in [9.17, 15) is 5.11 Å². The Bertz CT molecular complexity index is 630. The van der Waals surface area contributed by atoms with E-state index in [0.717, 1.165) is 37.3 Å². The average molecular weight is 299 g/mol. The standard InChI is InChI=1S/C16H21N5O/c1-20(13-5-11-7-14(22)8-12(11)6-13)15-9-16(18-10-17-15)21-4-2-3-19-21/h2-4,9-14,22H,5-8H2,1H3/t11-,12+,13?,14?. The van der Waals surface area contributed by atoms with E-state index in [1.165, 1.54) is 0 Å². The molecule has 0 aliphatic heterocycles. The number of aliphatic hydroxyl groups excluding tert-OH is 1. The van der Waals surface area contributed by atoms with Gasteiger partial charge in [-0.2, -0.15) is 5.10 Å². The Kier molecular flexibility index (Phi) is 3.33. The lowest BCUT2D eigenvalue weighted by Gasteiger charge is -2.26. The quantitative estimate of drug-likeness (QED) is 0.933. The highest BCUT2D eigenvalue weighted by Crippen LogP contribution is 2.45. The Balaban J connectivity index is 1.52. The molecule has 0 aromatic carbocycles. The van der Waals surface area contributed by atoms with Crippen molar-refractivity contribution in [2.45, 2.75) is 37.8 Å². The lowest BCUT2D eigenvalue weighted by molar-refractivity contribution is 0.171. The van der Waals surface area contributed by atoms with Crippen LogP contribution >= 0.6 is 0 Å². The molecule has 2 fully saturated rings. The summed E-state index contributed by atoms with van der Waals surface area (Å²) in [6.45, 7) is 0. The minimum absolute atomic E-state index is 0.0771. The summed E-state index contributed by atoms with van der Waals surface area (Å²) in [6, 6.07) is 4.37. The molecule has 2 unspecified atom stereocenters. The molecule has 1 N–H and O–H groups in total. The van der Waals surface area contributed by atoms with Crippen LogP contribution in [0.15, 0.2) is 30.9 Å². The Morgan fingerprint density at radius 1 is 1.18 bits per heavy atom. The molecular formula is C16H21N5O. The monoisotopic (exact) mass is 299 g/mol. The zero-order chi connectivity index (χ0) is 15.1. The summed E-state index contributed by atoms with van der Waals surface area (Å²) in [4.78, 5) is 11.0. The van der Waals surface area contributed by atoms with Crippen LogP contribution in [0.5, 0.6) is 0 Å². The molecule has 2 aliphatic carbocycles. The molecule has 6 nitrogen and oxygen atoms in total. The minimum atomic E-state index is -0.0771. The minimum Gasteiger partial charge on any atom is -0.393 e. The molecule has 2 aromatic heterocycles. The molecule has 22 heavy (non-hydrogen) atoms. The third kappa shape index (κ3) is 2.37. The van der Waals surface area contributed by atoms with E-state index in [-0.39, 0.29) is 6.10 Å².